The monoisotopic (exact) mass is 358 g/mol. The minimum Gasteiger partial charge on any atom is -0.446 e. The molecule has 1 amide bonds. The highest BCUT2D eigenvalue weighted by atomic mass is 32.2. The molecule has 0 bridgehead atoms. The maximum absolute atomic E-state index is 12.3. The topological polar surface area (TPSA) is 90.8 Å². The van der Waals surface area contributed by atoms with E-state index in [9.17, 15) is 4.79 Å². The first-order chi connectivity index (χ1) is 12.2. The Hall–Kier alpha value is -2.55. The molecule has 0 saturated carbocycles. The van der Waals surface area contributed by atoms with Crippen molar-refractivity contribution in [3.63, 3.8) is 0 Å². The van der Waals surface area contributed by atoms with Crippen LogP contribution < -0.4 is 5.32 Å². The number of furan rings is 1. The van der Waals surface area contributed by atoms with Gasteiger partial charge in [-0.05, 0) is 43.2 Å². The second-order valence-electron chi connectivity index (χ2n) is 5.91. The predicted octanol–water partition coefficient (Wildman–Crippen LogP) is 2.26. The number of carbonyl (C=O) groups is 1. The number of aryl methyl sites for hydroxylation is 1. The third-order valence-corrected chi connectivity index (χ3v) is 5.15. The van der Waals surface area contributed by atoms with Gasteiger partial charge >= 0.3 is 0 Å². The van der Waals surface area contributed by atoms with Crippen LogP contribution >= 0.6 is 11.8 Å². The van der Waals surface area contributed by atoms with Crippen molar-refractivity contribution in [2.24, 2.45) is 7.05 Å². The van der Waals surface area contributed by atoms with Crippen molar-refractivity contribution >= 4 is 17.7 Å². The van der Waals surface area contributed by atoms with E-state index < -0.39 is 0 Å². The molecule has 0 aliphatic carbocycles. The maximum atomic E-state index is 12.3. The summed E-state index contributed by atoms with van der Waals surface area (Å²) < 4.78 is 9.64. The number of nitrogens with one attached hydrogen (secondary N) is 1. The number of hydrogen-bond donors (Lipinski definition) is 1. The third kappa shape index (κ3) is 3.19. The summed E-state index contributed by atoms with van der Waals surface area (Å²) in [6.45, 7) is 0.735. The Morgan fingerprint density at radius 1 is 1.36 bits per heavy atom. The van der Waals surface area contributed by atoms with Gasteiger partial charge in [0.15, 0.2) is 21.8 Å². The molecule has 0 radical (unpaired) electrons. The van der Waals surface area contributed by atoms with Gasteiger partial charge in [-0.25, -0.2) is 4.98 Å². The summed E-state index contributed by atoms with van der Waals surface area (Å²) in [6, 6.07) is 3.49. The van der Waals surface area contributed by atoms with E-state index in [4.69, 9.17) is 4.42 Å². The Morgan fingerprint density at radius 2 is 2.28 bits per heavy atom. The molecule has 130 valence electrons. The summed E-state index contributed by atoms with van der Waals surface area (Å²) in [5.41, 5.74) is 0. The lowest BCUT2D eigenvalue weighted by molar-refractivity contribution is -0.124. The van der Waals surface area contributed by atoms with Crippen molar-refractivity contribution in [3.05, 3.63) is 30.9 Å². The molecule has 3 aromatic heterocycles. The first kappa shape index (κ1) is 15.9. The van der Waals surface area contributed by atoms with Gasteiger partial charge in [-0.2, -0.15) is 0 Å². The summed E-state index contributed by atoms with van der Waals surface area (Å²) >= 11 is 1.39. The van der Waals surface area contributed by atoms with Crippen LogP contribution in [-0.4, -0.2) is 36.8 Å². The van der Waals surface area contributed by atoms with Gasteiger partial charge in [-0.15, -0.1) is 10.2 Å². The fourth-order valence-electron chi connectivity index (χ4n) is 2.89. The zero-order valence-corrected chi connectivity index (χ0v) is 14.6. The van der Waals surface area contributed by atoms with Crippen molar-refractivity contribution in [1.29, 1.82) is 0 Å². The second kappa shape index (κ2) is 6.75. The van der Waals surface area contributed by atoms with Gasteiger partial charge in [0, 0.05) is 26.0 Å². The molecule has 1 N–H and O–H groups in total. The molecule has 9 heteroatoms. The van der Waals surface area contributed by atoms with E-state index in [0.717, 1.165) is 31.0 Å². The van der Waals surface area contributed by atoms with Gasteiger partial charge in [0.1, 0.15) is 12.4 Å². The number of aromatic nitrogens is 5. The molecule has 0 spiro atoms. The van der Waals surface area contributed by atoms with E-state index in [2.05, 4.69) is 20.5 Å². The van der Waals surface area contributed by atoms with Gasteiger partial charge in [-0.3, -0.25) is 4.79 Å². The molecule has 1 saturated heterocycles. The van der Waals surface area contributed by atoms with Crippen LogP contribution in [0.2, 0.25) is 0 Å². The van der Waals surface area contributed by atoms with Crippen molar-refractivity contribution in [2.45, 2.75) is 35.6 Å². The highest BCUT2D eigenvalue weighted by molar-refractivity contribution is 7.99. The largest absolute Gasteiger partial charge is 0.446 e. The van der Waals surface area contributed by atoms with E-state index in [1.54, 1.807) is 12.5 Å². The number of rotatable bonds is 4. The summed E-state index contributed by atoms with van der Waals surface area (Å²) in [6.07, 6.45) is 7.99. The molecular formula is C16H18N6O2S. The highest BCUT2D eigenvalue weighted by Crippen LogP contribution is 2.32. The third-order valence-electron chi connectivity index (χ3n) is 4.17. The Kier molecular flexibility index (Phi) is 4.31. The minimum absolute atomic E-state index is 0.0389. The van der Waals surface area contributed by atoms with Gasteiger partial charge in [0.2, 0.25) is 5.91 Å². The van der Waals surface area contributed by atoms with Crippen LogP contribution in [0.4, 0.5) is 0 Å². The van der Waals surface area contributed by atoms with Crippen LogP contribution in [0, 0.1) is 0 Å². The standard InChI is InChI=1S/C16H18N6O2S/c1-21-10-19-20-16(21)25-13-6-5-12(24-13)14-17-8-9-22(14)11-4-2-3-7-18-15(11)23/h5-6,8-11H,2-4,7H2,1H3,(H,18,23)/t11-/m0/s1. The van der Waals surface area contributed by atoms with Crippen molar-refractivity contribution in [1.82, 2.24) is 29.6 Å². The molecule has 8 nitrogen and oxygen atoms in total. The zero-order chi connectivity index (χ0) is 17.2. The smallest absolute Gasteiger partial charge is 0.243 e. The molecule has 0 aromatic carbocycles. The fraction of sp³-hybridized carbons (Fsp3) is 0.375. The second-order valence-corrected chi connectivity index (χ2v) is 6.88. The molecule has 0 unspecified atom stereocenters. The molecule has 25 heavy (non-hydrogen) atoms. The Balaban J connectivity index is 1.60. The maximum Gasteiger partial charge on any atom is 0.243 e. The number of amides is 1. The Labute approximate surface area is 148 Å². The summed E-state index contributed by atoms with van der Waals surface area (Å²) in [7, 11) is 1.88. The van der Waals surface area contributed by atoms with Gasteiger partial charge < -0.3 is 18.9 Å². The molecule has 4 heterocycles. The van der Waals surface area contributed by atoms with Gasteiger partial charge in [-0.1, -0.05) is 0 Å². The van der Waals surface area contributed by atoms with E-state index >= 15 is 0 Å². The quantitative estimate of drug-likeness (QED) is 0.769. The zero-order valence-electron chi connectivity index (χ0n) is 13.8. The number of hydrogen-bond acceptors (Lipinski definition) is 6. The molecule has 4 rings (SSSR count). The Bertz CT molecular complexity index is 883. The molecular weight excluding hydrogens is 340 g/mol. The summed E-state index contributed by atoms with van der Waals surface area (Å²) in [4.78, 5) is 16.7. The molecule has 1 aliphatic heterocycles. The molecule has 3 aromatic rings. The molecule has 1 fully saturated rings. The number of imidazole rings is 1. The van der Waals surface area contributed by atoms with Crippen molar-refractivity contribution < 1.29 is 9.21 Å². The first-order valence-electron chi connectivity index (χ1n) is 8.15. The number of nitrogens with zero attached hydrogens (tertiary/aromatic N) is 5. The van der Waals surface area contributed by atoms with Crippen LogP contribution in [0.5, 0.6) is 0 Å². The highest BCUT2D eigenvalue weighted by Gasteiger charge is 2.25. The molecule has 1 aliphatic rings. The van der Waals surface area contributed by atoms with Gasteiger partial charge in [0.05, 0.1) is 0 Å². The van der Waals surface area contributed by atoms with Crippen molar-refractivity contribution in [3.8, 4) is 11.6 Å². The van der Waals surface area contributed by atoms with E-state index in [1.807, 2.05) is 34.5 Å². The van der Waals surface area contributed by atoms with E-state index in [1.165, 1.54) is 11.8 Å². The number of carbonyl (C=O) groups excluding carboxylic acids is 1. The summed E-state index contributed by atoms with van der Waals surface area (Å²) in [5.74, 6) is 1.33. The van der Waals surface area contributed by atoms with E-state index in [-0.39, 0.29) is 11.9 Å². The first-order valence-corrected chi connectivity index (χ1v) is 8.96. The Morgan fingerprint density at radius 3 is 3.12 bits per heavy atom. The van der Waals surface area contributed by atoms with Crippen LogP contribution in [0.3, 0.4) is 0 Å². The normalized spacial score (nSPS) is 18.1. The average molecular weight is 358 g/mol. The lowest BCUT2D eigenvalue weighted by Gasteiger charge is -2.16. The predicted molar refractivity (Wildman–Crippen MR) is 91.0 cm³/mol. The SMILES string of the molecule is Cn1cnnc1Sc1ccc(-c2nccn2[C@H]2CCCCNC2=O)o1. The lowest BCUT2D eigenvalue weighted by atomic mass is 10.1. The van der Waals surface area contributed by atoms with E-state index in [0.29, 0.717) is 16.7 Å². The lowest BCUT2D eigenvalue weighted by Crippen LogP contribution is -2.30. The summed E-state index contributed by atoms with van der Waals surface area (Å²) in [5, 5.41) is 12.3. The molecule has 1 atom stereocenters. The van der Waals surface area contributed by atoms with Gasteiger partial charge in [0.25, 0.3) is 0 Å². The van der Waals surface area contributed by atoms with Crippen LogP contribution in [-0.2, 0) is 11.8 Å². The van der Waals surface area contributed by atoms with Crippen LogP contribution in [0.15, 0.2) is 45.5 Å². The average Bonchev–Trinajstić information content (AvgIpc) is 3.30. The van der Waals surface area contributed by atoms with Crippen LogP contribution in [0.1, 0.15) is 25.3 Å². The van der Waals surface area contributed by atoms with Crippen LogP contribution in [0.25, 0.3) is 11.6 Å². The minimum atomic E-state index is -0.250. The van der Waals surface area contributed by atoms with Crippen molar-refractivity contribution in [2.75, 3.05) is 6.54 Å². The fourth-order valence-corrected chi connectivity index (χ4v) is 3.62.